The van der Waals surface area contributed by atoms with E-state index in [1.54, 1.807) is 12.3 Å². The minimum atomic E-state index is -1.20. The summed E-state index contributed by atoms with van der Waals surface area (Å²) in [5.74, 6) is -1.17. The number of carbonyl (C=O) groups is 2. The van der Waals surface area contributed by atoms with Crippen molar-refractivity contribution in [1.29, 1.82) is 0 Å². The summed E-state index contributed by atoms with van der Waals surface area (Å²) in [6, 6.07) is 6.14. The number of carboxylic acids is 1. The van der Waals surface area contributed by atoms with Gasteiger partial charge in [0.15, 0.2) is 5.76 Å². The van der Waals surface area contributed by atoms with Crippen LogP contribution in [0.25, 0.3) is 0 Å². The first-order valence-electron chi connectivity index (χ1n) is 5.30. The maximum Gasteiger partial charge on any atom is 0.371 e. The summed E-state index contributed by atoms with van der Waals surface area (Å²) < 4.78 is 9.96. The molecule has 2 aromatic heterocycles. The standard InChI is InChI=1S/C12H11NO5/c14-11(9-3-4-10(18-9)12(15)16)13-6-5-8-2-1-7-17-8/h1-4,7H,5-6H2,(H,13,14)(H,15,16). The molecule has 2 heterocycles. The van der Waals surface area contributed by atoms with Crippen LogP contribution < -0.4 is 5.32 Å². The minimum absolute atomic E-state index is 0.0214. The predicted molar refractivity (Wildman–Crippen MR) is 60.4 cm³/mol. The van der Waals surface area contributed by atoms with Crippen LogP contribution in [0.5, 0.6) is 0 Å². The Labute approximate surface area is 102 Å². The van der Waals surface area contributed by atoms with E-state index in [1.807, 2.05) is 6.07 Å². The Hall–Kier alpha value is -2.50. The fraction of sp³-hybridized carbons (Fsp3) is 0.167. The van der Waals surface area contributed by atoms with Crippen LogP contribution in [0.3, 0.4) is 0 Å². The third-order valence-corrected chi connectivity index (χ3v) is 2.28. The first-order chi connectivity index (χ1) is 8.66. The number of hydrogen-bond acceptors (Lipinski definition) is 4. The molecule has 0 atom stereocenters. The molecule has 0 radical (unpaired) electrons. The summed E-state index contributed by atoms with van der Waals surface area (Å²) in [6.07, 6.45) is 2.12. The average molecular weight is 249 g/mol. The fourth-order valence-corrected chi connectivity index (χ4v) is 1.42. The van der Waals surface area contributed by atoms with Crippen molar-refractivity contribution in [2.24, 2.45) is 0 Å². The number of carboxylic acid groups (broad SMARTS) is 1. The van der Waals surface area contributed by atoms with Gasteiger partial charge in [0, 0.05) is 13.0 Å². The van der Waals surface area contributed by atoms with Gasteiger partial charge in [-0.15, -0.1) is 0 Å². The van der Waals surface area contributed by atoms with Crippen molar-refractivity contribution in [3.8, 4) is 0 Å². The van der Waals surface area contributed by atoms with Crippen LogP contribution in [0.15, 0.2) is 39.4 Å². The highest BCUT2D eigenvalue weighted by molar-refractivity contribution is 5.93. The summed E-state index contributed by atoms with van der Waals surface area (Å²) in [4.78, 5) is 22.1. The van der Waals surface area contributed by atoms with E-state index >= 15 is 0 Å². The van der Waals surface area contributed by atoms with E-state index in [2.05, 4.69) is 5.32 Å². The second kappa shape index (κ2) is 5.22. The predicted octanol–water partition coefficient (Wildman–Crippen LogP) is 1.54. The van der Waals surface area contributed by atoms with Crippen molar-refractivity contribution in [2.75, 3.05) is 6.54 Å². The minimum Gasteiger partial charge on any atom is -0.475 e. The topological polar surface area (TPSA) is 92.7 Å². The third kappa shape index (κ3) is 2.79. The van der Waals surface area contributed by atoms with Crippen LogP contribution in [-0.2, 0) is 6.42 Å². The van der Waals surface area contributed by atoms with Crippen LogP contribution in [-0.4, -0.2) is 23.5 Å². The SMILES string of the molecule is O=C(O)c1ccc(C(=O)NCCc2ccco2)o1. The van der Waals surface area contributed by atoms with Crippen molar-refractivity contribution in [1.82, 2.24) is 5.32 Å². The van der Waals surface area contributed by atoms with Gasteiger partial charge in [0.25, 0.3) is 5.91 Å². The molecule has 2 N–H and O–H groups in total. The Morgan fingerprint density at radius 2 is 2.00 bits per heavy atom. The van der Waals surface area contributed by atoms with E-state index in [9.17, 15) is 9.59 Å². The van der Waals surface area contributed by atoms with Crippen LogP contribution in [0.2, 0.25) is 0 Å². The van der Waals surface area contributed by atoms with Crippen molar-refractivity contribution in [2.45, 2.75) is 6.42 Å². The van der Waals surface area contributed by atoms with Crippen molar-refractivity contribution in [3.63, 3.8) is 0 Å². The molecular weight excluding hydrogens is 238 g/mol. The number of nitrogens with one attached hydrogen (secondary N) is 1. The molecule has 2 aromatic rings. The molecule has 0 aliphatic rings. The van der Waals surface area contributed by atoms with Gasteiger partial charge in [0.1, 0.15) is 5.76 Å². The number of carbonyl (C=O) groups excluding carboxylic acids is 1. The lowest BCUT2D eigenvalue weighted by atomic mass is 10.3. The van der Waals surface area contributed by atoms with Gasteiger partial charge >= 0.3 is 5.97 Å². The number of furan rings is 2. The normalized spacial score (nSPS) is 10.2. The van der Waals surface area contributed by atoms with E-state index in [0.717, 1.165) is 5.76 Å². The smallest absolute Gasteiger partial charge is 0.371 e. The highest BCUT2D eigenvalue weighted by atomic mass is 16.4. The van der Waals surface area contributed by atoms with Crippen molar-refractivity contribution in [3.05, 3.63) is 47.8 Å². The van der Waals surface area contributed by atoms with Gasteiger partial charge in [-0.05, 0) is 24.3 Å². The molecule has 1 amide bonds. The highest BCUT2D eigenvalue weighted by Crippen LogP contribution is 2.07. The molecule has 0 bridgehead atoms. The summed E-state index contributed by atoms with van der Waals surface area (Å²) in [5, 5.41) is 11.2. The zero-order valence-electron chi connectivity index (χ0n) is 9.38. The molecular formula is C12H11NO5. The van der Waals surface area contributed by atoms with Crippen LogP contribution in [0.1, 0.15) is 26.9 Å². The molecule has 0 spiro atoms. The van der Waals surface area contributed by atoms with Crippen LogP contribution in [0.4, 0.5) is 0 Å². The zero-order valence-corrected chi connectivity index (χ0v) is 9.38. The molecule has 0 saturated carbocycles. The molecule has 18 heavy (non-hydrogen) atoms. The highest BCUT2D eigenvalue weighted by Gasteiger charge is 2.14. The number of amides is 1. The van der Waals surface area contributed by atoms with E-state index < -0.39 is 11.9 Å². The van der Waals surface area contributed by atoms with E-state index in [1.165, 1.54) is 12.1 Å². The molecule has 0 aromatic carbocycles. The van der Waals surface area contributed by atoms with Gasteiger partial charge in [-0.2, -0.15) is 0 Å². The van der Waals surface area contributed by atoms with E-state index in [-0.39, 0.29) is 11.5 Å². The van der Waals surface area contributed by atoms with Gasteiger partial charge in [0.05, 0.1) is 6.26 Å². The Morgan fingerprint density at radius 3 is 2.61 bits per heavy atom. The molecule has 0 unspecified atom stereocenters. The Kier molecular flexibility index (Phi) is 3.47. The summed E-state index contributed by atoms with van der Waals surface area (Å²) in [6.45, 7) is 0.384. The Morgan fingerprint density at radius 1 is 1.22 bits per heavy atom. The van der Waals surface area contributed by atoms with Gasteiger partial charge in [0.2, 0.25) is 5.76 Å². The first kappa shape index (κ1) is 12.0. The maximum atomic E-state index is 11.6. The number of hydrogen-bond donors (Lipinski definition) is 2. The van der Waals surface area contributed by atoms with Gasteiger partial charge in [-0.3, -0.25) is 4.79 Å². The average Bonchev–Trinajstić information content (AvgIpc) is 2.99. The largest absolute Gasteiger partial charge is 0.475 e. The summed E-state index contributed by atoms with van der Waals surface area (Å²) in [5.41, 5.74) is 0. The van der Waals surface area contributed by atoms with Crippen LogP contribution >= 0.6 is 0 Å². The third-order valence-electron chi connectivity index (χ3n) is 2.28. The summed E-state index contributed by atoms with van der Waals surface area (Å²) >= 11 is 0. The second-order valence-corrected chi connectivity index (χ2v) is 3.55. The molecule has 0 aliphatic heterocycles. The molecule has 0 saturated heterocycles. The lowest BCUT2D eigenvalue weighted by Gasteiger charge is -2.00. The Balaban J connectivity index is 1.85. The number of aromatic carboxylic acids is 1. The van der Waals surface area contributed by atoms with Crippen molar-refractivity contribution < 1.29 is 23.5 Å². The quantitative estimate of drug-likeness (QED) is 0.838. The van der Waals surface area contributed by atoms with E-state index in [4.69, 9.17) is 13.9 Å². The fourth-order valence-electron chi connectivity index (χ4n) is 1.42. The van der Waals surface area contributed by atoms with Gasteiger partial charge in [-0.25, -0.2) is 4.79 Å². The summed E-state index contributed by atoms with van der Waals surface area (Å²) in [7, 11) is 0. The Bertz CT molecular complexity index is 541. The molecule has 6 nitrogen and oxygen atoms in total. The second-order valence-electron chi connectivity index (χ2n) is 3.55. The molecule has 2 rings (SSSR count). The van der Waals surface area contributed by atoms with Gasteiger partial charge < -0.3 is 19.3 Å². The molecule has 0 fully saturated rings. The molecule has 0 aliphatic carbocycles. The van der Waals surface area contributed by atoms with E-state index in [0.29, 0.717) is 13.0 Å². The first-order valence-corrected chi connectivity index (χ1v) is 5.30. The lowest BCUT2D eigenvalue weighted by molar-refractivity contribution is 0.0659. The number of rotatable bonds is 5. The van der Waals surface area contributed by atoms with Crippen molar-refractivity contribution >= 4 is 11.9 Å². The van der Waals surface area contributed by atoms with Crippen LogP contribution in [0, 0.1) is 0 Å². The maximum absolute atomic E-state index is 11.6. The van der Waals surface area contributed by atoms with Gasteiger partial charge in [-0.1, -0.05) is 0 Å². The zero-order chi connectivity index (χ0) is 13.0. The molecule has 94 valence electrons. The lowest BCUT2D eigenvalue weighted by Crippen LogP contribution is -2.25. The monoisotopic (exact) mass is 249 g/mol. The molecule has 6 heteroatoms.